The third-order valence-electron chi connectivity index (χ3n) is 5.52. The zero-order valence-electron chi connectivity index (χ0n) is 17.0. The maximum absolute atomic E-state index is 14.6. The van der Waals surface area contributed by atoms with Crippen LogP contribution in [0.1, 0.15) is 28.8 Å². The molecular formula is C22H26FN3O3. The Morgan fingerprint density at radius 1 is 1.24 bits per heavy atom. The van der Waals surface area contributed by atoms with Crippen LogP contribution in [0.3, 0.4) is 0 Å². The number of aliphatic hydroxyl groups is 1. The maximum atomic E-state index is 14.6. The van der Waals surface area contributed by atoms with Gasteiger partial charge in [-0.25, -0.2) is 9.37 Å². The molecule has 0 amide bonds. The summed E-state index contributed by atoms with van der Waals surface area (Å²) in [5.41, 5.74) is 4.32. The summed E-state index contributed by atoms with van der Waals surface area (Å²) in [6.07, 6.45) is -1.09. The number of morpholine rings is 1. The fourth-order valence-electron chi connectivity index (χ4n) is 3.87. The monoisotopic (exact) mass is 399 g/mol. The van der Waals surface area contributed by atoms with Crippen LogP contribution in [0.2, 0.25) is 0 Å². The molecule has 0 bridgehead atoms. The number of nitrogens with zero attached hydrogens (tertiary/aromatic N) is 3. The summed E-state index contributed by atoms with van der Waals surface area (Å²) >= 11 is 0. The number of benzene rings is 2. The van der Waals surface area contributed by atoms with Gasteiger partial charge in [0.25, 0.3) is 0 Å². The van der Waals surface area contributed by atoms with Crippen LogP contribution in [0.4, 0.5) is 10.1 Å². The van der Waals surface area contributed by atoms with E-state index in [9.17, 15) is 9.50 Å². The van der Waals surface area contributed by atoms with Crippen molar-refractivity contribution in [1.29, 1.82) is 0 Å². The minimum Gasteiger partial charge on any atom is -0.378 e. The lowest BCUT2D eigenvalue weighted by Crippen LogP contribution is -2.36. The van der Waals surface area contributed by atoms with E-state index in [1.165, 1.54) is 7.11 Å². The minimum absolute atomic E-state index is 0.199. The number of imidazole rings is 1. The third-order valence-corrected chi connectivity index (χ3v) is 5.52. The Hall–Kier alpha value is -2.48. The highest BCUT2D eigenvalue weighted by molar-refractivity contribution is 5.84. The van der Waals surface area contributed by atoms with Gasteiger partial charge in [-0.05, 0) is 31.5 Å². The number of aromatic nitrogens is 2. The highest BCUT2D eigenvalue weighted by Crippen LogP contribution is 2.32. The van der Waals surface area contributed by atoms with Gasteiger partial charge in [-0.15, -0.1) is 0 Å². The molecule has 1 saturated heterocycles. The van der Waals surface area contributed by atoms with E-state index in [0.29, 0.717) is 42.0 Å². The van der Waals surface area contributed by atoms with Crippen molar-refractivity contribution in [3.8, 4) is 0 Å². The van der Waals surface area contributed by atoms with Crippen LogP contribution in [0.25, 0.3) is 11.0 Å². The van der Waals surface area contributed by atoms with E-state index in [0.717, 1.165) is 30.1 Å². The topological polar surface area (TPSA) is 59.8 Å². The van der Waals surface area contributed by atoms with Crippen molar-refractivity contribution in [1.82, 2.24) is 9.55 Å². The molecule has 0 spiro atoms. The predicted octanol–water partition coefficient (Wildman–Crippen LogP) is 3.31. The molecule has 6 nitrogen and oxygen atoms in total. The van der Waals surface area contributed by atoms with Gasteiger partial charge in [0.1, 0.15) is 11.6 Å². The van der Waals surface area contributed by atoms with Crippen LogP contribution in [-0.4, -0.2) is 48.1 Å². The molecule has 1 N–H and O–H groups in total. The van der Waals surface area contributed by atoms with Gasteiger partial charge in [0.2, 0.25) is 0 Å². The molecule has 1 atom stereocenters. The number of anilines is 1. The summed E-state index contributed by atoms with van der Waals surface area (Å²) in [7, 11) is 1.46. The summed E-state index contributed by atoms with van der Waals surface area (Å²) in [4.78, 5) is 6.89. The van der Waals surface area contributed by atoms with E-state index < -0.39 is 6.29 Å². The van der Waals surface area contributed by atoms with Gasteiger partial charge in [-0.1, -0.05) is 18.2 Å². The smallest absolute Gasteiger partial charge is 0.183 e. The van der Waals surface area contributed by atoms with Crippen LogP contribution in [0, 0.1) is 19.7 Å². The lowest BCUT2D eigenvalue weighted by atomic mass is 10.1. The Balaban J connectivity index is 1.86. The number of ether oxygens (including phenoxy) is 2. The van der Waals surface area contributed by atoms with Gasteiger partial charge in [0.05, 0.1) is 30.8 Å². The number of aryl methyl sites for hydroxylation is 2. The average molecular weight is 399 g/mol. The fourth-order valence-corrected chi connectivity index (χ4v) is 3.87. The second kappa shape index (κ2) is 8.10. The van der Waals surface area contributed by atoms with Gasteiger partial charge in [0, 0.05) is 37.0 Å². The van der Waals surface area contributed by atoms with E-state index in [4.69, 9.17) is 9.47 Å². The molecule has 1 aliphatic heterocycles. The van der Waals surface area contributed by atoms with Gasteiger partial charge in [-0.3, -0.25) is 0 Å². The predicted molar refractivity (Wildman–Crippen MR) is 110 cm³/mol. The van der Waals surface area contributed by atoms with Gasteiger partial charge < -0.3 is 24.0 Å². The Labute approximate surface area is 169 Å². The molecule has 2 heterocycles. The summed E-state index contributed by atoms with van der Waals surface area (Å²) < 4.78 is 27.3. The number of fused-ring (bicyclic) bond motifs is 1. The van der Waals surface area contributed by atoms with Crippen molar-refractivity contribution in [2.24, 2.45) is 0 Å². The molecule has 1 fully saturated rings. The number of halogens is 1. The Bertz CT molecular complexity index is 1030. The van der Waals surface area contributed by atoms with Crippen LogP contribution in [0.15, 0.2) is 30.3 Å². The molecule has 7 heteroatoms. The maximum Gasteiger partial charge on any atom is 0.183 e. The summed E-state index contributed by atoms with van der Waals surface area (Å²) in [5, 5.41) is 10.4. The Morgan fingerprint density at radius 2 is 2.00 bits per heavy atom. The van der Waals surface area contributed by atoms with Crippen LogP contribution < -0.4 is 4.90 Å². The second-order valence-corrected chi connectivity index (χ2v) is 7.38. The lowest BCUT2D eigenvalue weighted by molar-refractivity contribution is -0.0759. The summed E-state index contributed by atoms with van der Waals surface area (Å²) in [6, 6.07) is 9.40. The van der Waals surface area contributed by atoms with Gasteiger partial charge in [-0.2, -0.15) is 0 Å². The first-order valence-electron chi connectivity index (χ1n) is 9.78. The normalized spacial score (nSPS) is 15.8. The Kier molecular flexibility index (Phi) is 5.54. The molecule has 29 heavy (non-hydrogen) atoms. The van der Waals surface area contributed by atoms with Crippen LogP contribution >= 0.6 is 0 Å². The molecule has 1 aromatic heterocycles. The highest BCUT2D eigenvalue weighted by Gasteiger charge is 2.21. The highest BCUT2D eigenvalue weighted by atomic mass is 19.1. The quantitative estimate of drug-likeness (QED) is 0.667. The van der Waals surface area contributed by atoms with Gasteiger partial charge >= 0.3 is 0 Å². The SMILES string of the molecule is COC(O)c1cc(N2CCOCC2)cc2c1nc(C)n2Cc1cccc(C)c1F. The standard InChI is InChI=1S/C22H26FN3O3/c1-14-5-4-6-16(20(14)23)13-26-15(2)24-21-18(22(27)28-3)11-17(12-19(21)26)25-7-9-29-10-8-25/h4-6,11-12,22,27H,7-10,13H2,1-3H3. The minimum atomic E-state index is -1.09. The van der Waals surface area contributed by atoms with Crippen LogP contribution in [0.5, 0.6) is 0 Å². The molecule has 154 valence electrons. The number of hydrogen-bond donors (Lipinski definition) is 1. The summed E-state index contributed by atoms with van der Waals surface area (Å²) in [6.45, 7) is 6.89. The van der Waals surface area contributed by atoms with Gasteiger partial charge in [0.15, 0.2) is 6.29 Å². The fraction of sp³-hybridized carbons (Fsp3) is 0.409. The molecule has 2 aromatic carbocycles. The van der Waals surface area contributed by atoms with Crippen molar-refractivity contribution in [3.63, 3.8) is 0 Å². The third kappa shape index (κ3) is 3.73. The first kappa shape index (κ1) is 19.8. The van der Waals surface area contributed by atoms with E-state index in [1.807, 2.05) is 23.6 Å². The molecule has 4 rings (SSSR count). The van der Waals surface area contributed by atoms with Crippen molar-refractivity contribution >= 4 is 16.7 Å². The largest absolute Gasteiger partial charge is 0.378 e. The number of hydrogen-bond acceptors (Lipinski definition) is 5. The second-order valence-electron chi connectivity index (χ2n) is 7.38. The van der Waals surface area contributed by atoms with Crippen molar-refractivity contribution in [2.75, 3.05) is 38.3 Å². The van der Waals surface area contributed by atoms with Crippen molar-refractivity contribution in [2.45, 2.75) is 26.7 Å². The molecule has 1 unspecified atom stereocenters. The number of aliphatic hydroxyl groups excluding tert-OH is 1. The first-order valence-corrected chi connectivity index (χ1v) is 9.78. The van der Waals surface area contributed by atoms with E-state index in [-0.39, 0.29) is 5.82 Å². The molecule has 0 saturated carbocycles. The molecule has 3 aromatic rings. The average Bonchev–Trinajstić information content (AvgIpc) is 3.06. The van der Waals surface area contributed by atoms with E-state index in [2.05, 4.69) is 16.0 Å². The number of rotatable bonds is 5. The van der Waals surface area contributed by atoms with E-state index in [1.54, 1.807) is 19.1 Å². The first-order chi connectivity index (χ1) is 14.0. The molecule has 1 aliphatic rings. The van der Waals surface area contributed by atoms with Crippen molar-refractivity contribution < 1.29 is 19.0 Å². The number of methoxy groups -OCH3 is 1. The zero-order valence-corrected chi connectivity index (χ0v) is 17.0. The lowest BCUT2D eigenvalue weighted by Gasteiger charge is -2.29. The molecular weight excluding hydrogens is 373 g/mol. The molecule has 0 radical (unpaired) electrons. The summed E-state index contributed by atoms with van der Waals surface area (Å²) in [5.74, 6) is 0.555. The van der Waals surface area contributed by atoms with Crippen molar-refractivity contribution in [3.05, 3.63) is 58.7 Å². The van der Waals surface area contributed by atoms with Crippen LogP contribution in [-0.2, 0) is 16.0 Å². The Morgan fingerprint density at radius 3 is 2.72 bits per heavy atom. The molecule has 0 aliphatic carbocycles. The zero-order chi connectivity index (χ0) is 20.5. The van der Waals surface area contributed by atoms with E-state index >= 15 is 0 Å².